The summed E-state index contributed by atoms with van der Waals surface area (Å²) < 4.78 is 4.83. The van der Waals surface area contributed by atoms with E-state index in [2.05, 4.69) is 15.6 Å². The summed E-state index contributed by atoms with van der Waals surface area (Å²) in [6.07, 6.45) is 0. The molecule has 0 radical (unpaired) electrons. The van der Waals surface area contributed by atoms with Crippen LogP contribution in [0.3, 0.4) is 0 Å². The van der Waals surface area contributed by atoms with Crippen molar-refractivity contribution in [3.8, 4) is 0 Å². The number of nitrogens with zero attached hydrogens (tertiary/aromatic N) is 1. The molecule has 0 aromatic heterocycles. The molecule has 0 aliphatic heterocycles. The van der Waals surface area contributed by atoms with Crippen molar-refractivity contribution in [3.05, 3.63) is 29.3 Å². The lowest BCUT2D eigenvalue weighted by Gasteiger charge is -2.08. The van der Waals surface area contributed by atoms with Crippen LogP contribution in [0.1, 0.15) is 11.1 Å². The zero-order valence-corrected chi connectivity index (χ0v) is 14.9. The molecule has 0 aliphatic rings. The number of aliphatic imine (C=N–C) groups is 1. The molecule has 4 N–H and O–H groups in total. The Hall–Kier alpha value is -1.35. The topological polar surface area (TPSA) is 88.7 Å². The second-order valence-corrected chi connectivity index (χ2v) is 4.47. The van der Waals surface area contributed by atoms with Gasteiger partial charge >= 0.3 is 0 Å². The van der Waals surface area contributed by atoms with Crippen LogP contribution < -0.4 is 16.4 Å². The maximum atomic E-state index is 11.4. The largest absolute Gasteiger partial charge is 0.383 e. The number of hydrogen-bond donors (Lipinski definition) is 3. The second-order valence-electron chi connectivity index (χ2n) is 4.47. The standard InChI is InChI=1S/C14H22N4O2.HI/c1-10-4-5-12(8-11(10)2)18-14(15)17-9-13(19)16-6-7-20-3;/h4-5,8H,6-7,9H2,1-3H3,(H,16,19)(H3,15,17,18);1H. The molecule has 0 heterocycles. The Morgan fingerprint density at radius 2 is 2.05 bits per heavy atom. The van der Waals surface area contributed by atoms with Gasteiger partial charge in [0.25, 0.3) is 0 Å². The number of hydrogen-bond acceptors (Lipinski definition) is 3. The van der Waals surface area contributed by atoms with E-state index in [4.69, 9.17) is 10.5 Å². The van der Waals surface area contributed by atoms with Crippen LogP contribution in [0.4, 0.5) is 5.69 Å². The third-order valence-corrected chi connectivity index (χ3v) is 2.80. The van der Waals surface area contributed by atoms with Gasteiger partial charge in [-0.3, -0.25) is 4.79 Å². The number of ether oxygens (including phenoxy) is 1. The third-order valence-electron chi connectivity index (χ3n) is 2.80. The number of carbonyl (C=O) groups is 1. The Bertz CT molecular complexity index is 492. The second kappa shape index (κ2) is 10.4. The molecule has 1 aromatic rings. The third kappa shape index (κ3) is 7.86. The van der Waals surface area contributed by atoms with Crippen molar-refractivity contribution in [1.82, 2.24) is 5.32 Å². The molecule has 0 unspecified atom stereocenters. The first-order valence-corrected chi connectivity index (χ1v) is 6.42. The summed E-state index contributed by atoms with van der Waals surface area (Å²) >= 11 is 0. The first-order chi connectivity index (χ1) is 9.52. The molecule has 118 valence electrons. The van der Waals surface area contributed by atoms with Crippen LogP contribution in [0.15, 0.2) is 23.2 Å². The van der Waals surface area contributed by atoms with Crippen molar-refractivity contribution in [2.24, 2.45) is 10.7 Å². The Kier molecular flexibility index (Phi) is 9.72. The highest BCUT2D eigenvalue weighted by molar-refractivity contribution is 14.0. The number of rotatable bonds is 6. The van der Waals surface area contributed by atoms with Crippen LogP contribution in [0.5, 0.6) is 0 Å². The van der Waals surface area contributed by atoms with Crippen LogP contribution in [0, 0.1) is 13.8 Å². The fourth-order valence-corrected chi connectivity index (χ4v) is 1.51. The van der Waals surface area contributed by atoms with Crippen LogP contribution >= 0.6 is 24.0 Å². The lowest BCUT2D eigenvalue weighted by Crippen LogP contribution is -2.31. The monoisotopic (exact) mass is 406 g/mol. The van der Waals surface area contributed by atoms with Gasteiger partial charge in [0.15, 0.2) is 5.96 Å². The number of benzene rings is 1. The van der Waals surface area contributed by atoms with Gasteiger partial charge in [0.05, 0.1) is 6.61 Å². The summed E-state index contributed by atoms with van der Waals surface area (Å²) in [5.74, 6) is 0.0297. The van der Waals surface area contributed by atoms with Crippen LogP contribution in [-0.2, 0) is 9.53 Å². The molecular formula is C14H23IN4O2. The van der Waals surface area contributed by atoms with E-state index in [0.29, 0.717) is 13.2 Å². The molecular weight excluding hydrogens is 383 g/mol. The molecule has 0 fully saturated rings. The van der Waals surface area contributed by atoms with Gasteiger partial charge in [-0.1, -0.05) is 6.07 Å². The molecule has 0 spiro atoms. The van der Waals surface area contributed by atoms with Crippen molar-refractivity contribution in [1.29, 1.82) is 0 Å². The van der Waals surface area contributed by atoms with Gasteiger partial charge in [-0.25, -0.2) is 4.99 Å². The molecule has 21 heavy (non-hydrogen) atoms. The first-order valence-electron chi connectivity index (χ1n) is 6.42. The summed E-state index contributed by atoms with van der Waals surface area (Å²) in [6, 6.07) is 5.90. The number of guanidine groups is 1. The maximum absolute atomic E-state index is 11.4. The maximum Gasteiger partial charge on any atom is 0.241 e. The number of halogens is 1. The number of amides is 1. The zero-order chi connectivity index (χ0) is 15.0. The molecule has 0 saturated heterocycles. The molecule has 0 bridgehead atoms. The van der Waals surface area contributed by atoms with Crippen LogP contribution in [0.25, 0.3) is 0 Å². The van der Waals surface area contributed by atoms with Crippen molar-refractivity contribution in [3.63, 3.8) is 0 Å². The molecule has 1 amide bonds. The number of nitrogens with two attached hydrogens (primary N) is 1. The summed E-state index contributed by atoms with van der Waals surface area (Å²) in [6.45, 7) is 5.01. The van der Waals surface area contributed by atoms with Gasteiger partial charge in [0.1, 0.15) is 6.54 Å². The lowest BCUT2D eigenvalue weighted by molar-refractivity contribution is -0.119. The Morgan fingerprint density at radius 3 is 2.67 bits per heavy atom. The predicted octanol–water partition coefficient (Wildman–Crippen LogP) is 1.41. The molecule has 6 nitrogen and oxygen atoms in total. The van der Waals surface area contributed by atoms with E-state index in [1.165, 1.54) is 11.1 Å². The van der Waals surface area contributed by atoms with Gasteiger partial charge in [-0.2, -0.15) is 0 Å². The van der Waals surface area contributed by atoms with Crippen LogP contribution in [0.2, 0.25) is 0 Å². The first kappa shape index (κ1) is 19.7. The van der Waals surface area contributed by atoms with E-state index in [9.17, 15) is 4.79 Å². The highest BCUT2D eigenvalue weighted by Crippen LogP contribution is 2.13. The van der Waals surface area contributed by atoms with Gasteiger partial charge in [-0.05, 0) is 37.1 Å². The molecule has 1 rings (SSSR count). The summed E-state index contributed by atoms with van der Waals surface area (Å²) in [4.78, 5) is 15.4. The highest BCUT2D eigenvalue weighted by atomic mass is 127. The molecule has 0 saturated carbocycles. The van der Waals surface area contributed by atoms with E-state index < -0.39 is 0 Å². The van der Waals surface area contributed by atoms with Gasteiger partial charge in [0, 0.05) is 19.3 Å². The van der Waals surface area contributed by atoms with Gasteiger partial charge in [-0.15, -0.1) is 24.0 Å². The number of nitrogens with one attached hydrogen (secondary N) is 2. The number of methoxy groups -OCH3 is 1. The number of aryl methyl sites for hydroxylation is 2. The van der Waals surface area contributed by atoms with Crippen molar-refractivity contribution >= 4 is 41.5 Å². The van der Waals surface area contributed by atoms with Crippen molar-refractivity contribution < 1.29 is 9.53 Å². The molecule has 7 heteroatoms. The van der Waals surface area contributed by atoms with E-state index in [-0.39, 0.29) is 42.4 Å². The molecule has 0 atom stereocenters. The van der Waals surface area contributed by atoms with E-state index in [1.807, 2.05) is 32.0 Å². The van der Waals surface area contributed by atoms with Gasteiger partial charge < -0.3 is 21.1 Å². The summed E-state index contributed by atoms with van der Waals surface area (Å²) in [5.41, 5.74) is 8.97. The van der Waals surface area contributed by atoms with E-state index >= 15 is 0 Å². The minimum Gasteiger partial charge on any atom is -0.383 e. The average molecular weight is 406 g/mol. The van der Waals surface area contributed by atoms with Crippen molar-refractivity contribution in [2.75, 3.05) is 32.1 Å². The lowest BCUT2D eigenvalue weighted by atomic mass is 10.1. The molecule has 0 aliphatic carbocycles. The normalized spacial score (nSPS) is 10.7. The summed E-state index contributed by atoms with van der Waals surface area (Å²) in [7, 11) is 1.58. The quantitative estimate of drug-likeness (QED) is 0.289. The van der Waals surface area contributed by atoms with Gasteiger partial charge in [0.2, 0.25) is 5.91 Å². The highest BCUT2D eigenvalue weighted by Gasteiger charge is 2.01. The zero-order valence-electron chi connectivity index (χ0n) is 12.6. The number of anilines is 1. The number of carbonyl (C=O) groups excluding carboxylic acids is 1. The molecule has 1 aromatic carbocycles. The van der Waals surface area contributed by atoms with E-state index in [0.717, 1.165) is 5.69 Å². The average Bonchev–Trinajstić information content (AvgIpc) is 2.41. The Labute approximate surface area is 142 Å². The minimum atomic E-state index is -0.188. The SMILES string of the molecule is COCCNC(=O)CN=C(N)Nc1ccc(C)c(C)c1.I. The fourth-order valence-electron chi connectivity index (χ4n) is 1.51. The Balaban J connectivity index is 0.00000400. The minimum absolute atomic E-state index is 0. The van der Waals surface area contributed by atoms with Crippen molar-refractivity contribution in [2.45, 2.75) is 13.8 Å². The predicted molar refractivity (Wildman–Crippen MR) is 96.3 cm³/mol. The smallest absolute Gasteiger partial charge is 0.241 e. The summed E-state index contributed by atoms with van der Waals surface area (Å²) in [5, 5.41) is 5.62. The fraction of sp³-hybridized carbons (Fsp3) is 0.429. The Morgan fingerprint density at radius 1 is 1.33 bits per heavy atom. The van der Waals surface area contributed by atoms with Crippen LogP contribution in [-0.4, -0.2) is 38.7 Å². The van der Waals surface area contributed by atoms with E-state index in [1.54, 1.807) is 7.11 Å².